The summed E-state index contributed by atoms with van der Waals surface area (Å²) in [4.78, 5) is 3.98. The molecular weight excluding hydrogens is 256 g/mol. The molecule has 1 aliphatic heterocycles. The number of sulfonamides is 1. The fraction of sp³-hybridized carbons (Fsp3) is 0.800. The van der Waals surface area contributed by atoms with Gasteiger partial charge in [0.1, 0.15) is 12.2 Å². The summed E-state index contributed by atoms with van der Waals surface area (Å²) in [7, 11) is -3.20. The SMILES string of the molecule is O=S(=O)(NCCCc1ncn[nH]1)C1CCOCC1. The van der Waals surface area contributed by atoms with Crippen LogP contribution in [0.3, 0.4) is 0 Å². The molecule has 1 saturated heterocycles. The fourth-order valence-electron chi connectivity index (χ4n) is 1.93. The van der Waals surface area contributed by atoms with Crippen LogP contribution in [0.2, 0.25) is 0 Å². The van der Waals surface area contributed by atoms with Gasteiger partial charge in [-0.2, -0.15) is 5.10 Å². The Kier molecular flexibility index (Phi) is 4.67. The highest BCUT2D eigenvalue weighted by molar-refractivity contribution is 7.90. The van der Waals surface area contributed by atoms with Crippen molar-refractivity contribution >= 4 is 10.0 Å². The lowest BCUT2D eigenvalue weighted by atomic mass is 10.2. The highest BCUT2D eigenvalue weighted by Crippen LogP contribution is 2.14. The van der Waals surface area contributed by atoms with Crippen molar-refractivity contribution in [1.29, 1.82) is 0 Å². The number of aromatic nitrogens is 3. The molecule has 1 aliphatic rings. The molecule has 0 aliphatic carbocycles. The first-order chi connectivity index (χ1) is 8.68. The minimum Gasteiger partial charge on any atom is -0.381 e. The van der Waals surface area contributed by atoms with E-state index in [0.717, 1.165) is 5.82 Å². The number of nitrogens with zero attached hydrogens (tertiary/aromatic N) is 2. The smallest absolute Gasteiger partial charge is 0.214 e. The van der Waals surface area contributed by atoms with Crippen LogP contribution in [0, 0.1) is 0 Å². The van der Waals surface area contributed by atoms with Crippen LogP contribution in [-0.4, -0.2) is 48.6 Å². The quantitative estimate of drug-likeness (QED) is 0.702. The summed E-state index contributed by atoms with van der Waals surface area (Å²) in [6.45, 7) is 1.49. The molecule has 0 bridgehead atoms. The van der Waals surface area contributed by atoms with Gasteiger partial charge < -0.3 is 4.74 Å². The highest BCUT2D eigenvalue weighted by atomic mass is 32.2. The number of nitrogens with one attached hydrogen (secondary N) is 2. The molecular formula is C10H18N4O3S. The van der Waals surface area contributed by atoms with Gasteiger partial charge in [0.05, 0.1) is 5.25 Å². The number of H-pyrrole nitrogens is 1. The Labute approximate surface area is 106 Å². The highest BCUT2D eigenvalue weighted by Gasteiger charge is 2.26. The van der Waals surface area contributed by atoms with Gasteiger partial charge in [-0.25, -0.2) is 18.1 Å². The zero-order valence-corrected chi connectivity index (χ0v) is 10.9. The molecule has 0 radical (unpaired) electrons. The van der Waals surface area contributed by atoms with Crippen molar-refractivity contribution in [1.82, 2.24) is 19.9 Å². The zero-order chi connectivity index (χ0) is 12.8. The van der Waals surface area contributed by atoms with E-state index in [1.807, 2.05) is 0 Å². The predicted molar refractivity (Wildman–Crippen MR) is 65.5 cm³/mol. The molecule has 8 heteroatoms. The van der Waals surface area contributed by atoms with Gasteiger partial charge in [0.15, 0.2) is 0 Å². The van der Waals surface area contributed by atoms with Crippen LogP contribution in [0.4, 0.5) is 0 Å². The minimum atomic E-state index is -3.20. The molecule has 1 fully saturated rings. The Balaban J connectivity index is 1.71. The number of hydrogen-bond acceptors (Lipinski definition) is 5. The maximum absolute atomic E-state index is 11.9. The third-order valence-corrected chi connectivity index (χ3v) is 4.92. The van der Waals surface area contributed by atoms with E-state index in [2.05, 4.69) is 19.9 Å². The lowest BCUT2D eigenvalue weighted by Gasteiger charge is -2.22. The topological polar surface area (TPSA) is 97.0 Å². The van der Waals surface area contributed by atoms with Gasteiger partial charge >= 0.3 is 0 Å². The Hall–Kier alpha value is -0.990. The minimum absolute atomic E-state index is 0.309. The molecule has 0 amide bonds. The Morgan fingerprint density at radius 2 is 2.22 bits per heavy atom. The van der Waals surface area contributed by atoms with Crippen LogP contribution >= 0.6 is 0 Å². The maximum Gasteiger partial charge on any atom is 0.214 e. The number of ether oxygens (including phenoxy) is 1. The van der Waals surface area contributed by atoms with Gasteiger partial charge in [0, 0.05) is 26.2 Å². The van der Waals surface area contributed by atoms with Crippen molar-refractivity contribution in [2.75, 3.05) is 19.8 Å². The molecule has 0 aromatic carbocycles. The summed E-state index contributed by atoms with van der Waals surface area (Å²) in [5.41, 5.74) is 0. The Morgan fingerprint density at radius 1 is 1.44 bits per heavy atom. The van der Waals surface area contributed by atoms with E-state index in [9.17, 15) is 8.42 Å². The molecule has 0 saturated carbocycles. The van der Waals surface area contributed by atoms with Crippen LogP contribution in [0.5, 0.6) is 0 Å². The molecule has 7 nitrogen and oxygen atoms in total. The van der Waals surface area contributed by atoms with Gasteiger partial charge in [-0.15, -0.1) is 0 Å². The predicted octanol–water partition coefficient (Wildman–Crippen LogP) is -0.164. The molecule has 1 aromatic heterocycles. The summed E-state index contributed by atoms with van der Waals surface area (Å²) in [6, 6.07) is 0. The van der Waals surface area contributed by atoms with Crippen LogP contribution < -0.4 is 4.72 Å². The number of aryl methyl sites for hydroxylation is 1. The van der Waals surface area contributed by atoms with E-state index < -0.39 is 10.0 Å². The zero-order valence-electron chi connectivity index (χ0n) is 10.1. The van der Waals surface area contributed by atoms with Crippen molar-refractivity contribution in [3.8, 4) is 0 Å². The summed E-state index contributed by atoms with van der Waals surface area (Å²) in [6.07, 6.45) is 4.00. The van der Waals surface area contributed by atoms with E-state index in [4.69, 9.17) is 4.74 Å². The van der Waals surface area contributed by atoms with Crippen molar-refractivity contribution in [2.24, 2.45) is 0 Å². The molecule has 2 N–H and O–H groups in total. The first-order valence-electron chi connectivity index (χ1n) is 6.09. The summed E-state index contributed by atoms with van der Waals surface area (Å²) in [5, 5.41) is 6.17. The third-order valence-electron chi connectivity index (χ3n) is 2.97. The van der Waals surface area contributed by atoms with Gasteiger partial charge in [0.2, 0.25) is 10.0 Å². The van der Waals surface area contributed by atoms with Crippen LogP contribution in [0.25, 0.3) is 0 Å². The average Bonchev–Trinajstić information content (AvgIpc) is 2.89. The van der Waals surface area contributed by atoms with E-state index >= 15 is 0 Å². The lowest BCUT2D eigenvalue weighted by molar-refractivity contribution is 0.0981. The molecule has 2 heterocycles. The van der Waals surface area contributed by atoms with Gasteiger partial charge in [-0.1, -0.05) is 0 Å². The summed E-state index contributed by atoms with van der Waals surface area (Å²) >= 11 is 0. The van der Waals surface area contributed by atoms with Crippen LogP contribution in [-0.2, 0) is 21.2 Å². The van der Waals surface area contributed by atoms with E-state index in [1.54, 1.807) is 0 Å². The van der Waals surface area contributed by atoms with Crippen molar-refractivity contribution in [3.05, 3.63) is 12.2 Å². The first kappa shape index (κ1) is 13.4. The molecule has 1 aromatic rings. The van der Waals surface area contributed by atoms with Gasteiger partial charge in [-0.3, -0.25) is 5.10 Å². The monoisotopic (exact) mass is 274 g/mol. The first-order valence-corrected chi connectivity index (χ1v) is 7.63. The van der Waals surface area contributed by atoms with E-state index in [0.29, 0.717) is 45.4 Å². The van der Waals surface area contributed by atoms with E-state index in [1.165, 1.54) is 6.33 Å². The molecule has 0 unspecified atom stereocenters. The third kappa shape index (κ3) is 3.76. The molecule has 0 spiro atoms. The number of rotatable bonds is 6. The number of aromatic amines is 1. The summed E-state index contributed by atoms with van der Waals surface area (Å²) < 4.78 is 31.7. The molecule has 2 rings (SSSR count). The van der Waals surface area contributed by atoms with Crippen molar-refractivity contribution < 1.29 is 13.2 Å². The Bertz CT molecular complexity index is 440. The maximum atomic E-state index is 11.9. The molecule has 102 valence electrons. The second kappa shape index (κ2) is 6.26. The van der Waals surface area contributed by atoms with E-state index in [-0.39, 0.29) is 5.25 Å². The average molecular weight is 274 g/mol. The molecule has 0 atom stereocenters. The Morgan fingerprint density at radius 3 is 2.89 bits per heavy atom. The number of hydrogen-bond donors (Lipinski definition) is 2. The lowest BCUT2D eigenvalue weighted by Crippen LogP contribution is -2.38. The largest absolute Gasteiger partial charge is 0.381 e. The van der Waals surface area contributed by atoms with Gasteiger partial charge in [0.25, 0.3) is 0 Å². The van der Waals surface area contributed by atoms with Crippen molar-refractivity contribution in [3.63, 3.8) is 0 Å². The normalized spacial score (nSPS) is 18.0. The second-order valence-corrected chi connectivity index (χ2v) is 6.33. The summed E-state index contributed by atoms with van der Waals surface area (Å²) in [5.74, 6) is 0.778. The van der Waals surface area contributed by atoms with Crippen molar-refractivity contribution in [2.45, 2.75) is 30.9 Å². The standard InChI is InChI=1S/C10H18N4O3S/c15-18(16,9-3-6-17-7-4-9)13-5-1-2-10-11-8-12-14-10/h8-9,13H,1-7H2,(H,11,12,14). The van der Waals surface area contributed by atoms with Crippen LogP contribution in [0.1, 0.15) is 25.1 Å². The fourth-order valence-corrected chi connectivity index (χ4v) is 3.40. The van der Waals surface area contributed by atoms with Crippen LogP contribution in [0.15, 0.2) is 6.33 Å². The second-order valence-electron chi connectivity index (χ2n) is 4.29. The van der Waals surface area contributed by atoms with Gasteiger partial charge in [-0.05, 0) is 19.3 Å². The molecule has 18 heavy (non-hydrogen) atoms.